The Balaban J connectivity index is 2.38. The second-order valence-corrected chi connectivity index (χ2v) is 5.59. The van der Waals surface area contributed by atoms with Gasteiger partial charge in [0.2, 0.25) is 0 Å². The Morgan fingerprint density at radius 1 is 1.33 bits per heavy atom. The molecule has 24 heavy (non-hydrogen) atoms. The maximum atomic E-state index is 13.9. The quantitative estimate of drug-likeness (QED) is 0.883. The molecule has 0 bridgehead atoms. The maximum Gasteiger partial charge on any atom is 0.276 e. The number of carbonyl (C=O) groups excluding carboxylic acids is 1. The molecule has 6 heteroatoms. The van der Waals surface area contributed by atoms with E-state index in [9.17, 15) is 18.7 Å². The summed E-state index contributed by atoms with van der Waals surface area (Å²) in [6, 6.07) is 7.66. The van der Waals surface area contributed by atoms with Gasteiger partial charge in [-0.3, -0.25) is 4.79 Å². The molecule has 0 aliphatic rings. The monoisotopic (exact) mass is 334 g/mol. The molecule has 1 N–H and O–H groups in total. The molecule has 0 saturated heterocycles. The van der Waals surface area contributed by atoms with Crippen molar-refractivity contribution in [3.63, 3.8) is 0 Å². The summed E-state index contributed by atoms with van der Waals surface area (Å²) in [4.78, 5) is 17.7. The van der Waals surface area contributed by atoms with Crippen molar-refractivity contribution in [2.24, 2.45) is 0 Å². The normalized spacial score (nSPS) is 12.0. The van der Waals surface area contributed by atoms with E-state index in [0.29, 0.717) is 12.5 Å². The average Bonchev–Trinajstić information content (AvgIpc) is 2.56. The number of hydrogen-bond acceptors (Lipinski definition) is 3. The second kappa shape index (κ2) is 7.97. The molecule has 2 aromatic rings. The molecule has 0 aliphatic carbocycles. The third-order valence-electron chi connectivity index (χ3n) is 4.00. The number of rotatable bonds is 6. The van der Waals surface area contributed by atoms with Gasteiger partial charge in [0, 0.05) is 12.6 Å². The zero-order chi connectivity index (χ0) is 17.7. The molecule has 128 valence electrons. The Bertz CT molecular complexity index is 718. The van der Waals surface area contributed by atoms with Crippen LogP contribution in [0.5, 0.6) is 0 Å². The van der Waals surface area contributed by atoms with Crippen LogP contribution in [0.1, 0.15) is 35.0 Å². The minimum atomic E-state index is -1.01. The minimum absolute atomic E-state index is 0.211. The number of aryl methyl sites for hydroxylation is 1. The van der Waals surface area contributed by atoms with E-state index in [2.05, 4.69) is 4.98 Å². The van der Waals surface area contributed by atoms with Crippen molar-refractivity contribution < 1.29 is 18.7 Å². The summed E-state index contributed by atoms with van der Waals surface area (Å²) >= 11 is 0. The van der Waals surface area contributed by atoms with Crippen LogP contribution in [0.15, 0.2) is 36.5 Å². The maximum absolute atomic E-state index is 13.9. The van der Waals surface area contributed by atoms with Gasteiger partial charge in [0.1, 0.15) is 5.82 Å². The fourth-order valence-electron chi connectivity index (χ4n) is 2.49. The van der Waals surface area contributed by atoms with Gasteiger partial charge in [-0.25, -0.2) is 13.8 Å². The highest BCUT2D eigenvalue weighted by molar-refractivity contribution is 5.92. The highest BCUT2D eigenvalue weighted by Crippen LogP contribution is 2.18. The first kappa shape index (κ1) is 18.0. The fraction of sp³-hybridized carbons (Fsp3) is 0.333. The predicted molar refractivity (Wildman–Crippen MR) is 86.4 cm³/mol. The lowest BCUT2D eigenvalue weighted by atomic mass is 10.1. The minimum Gasteiger partial charge on any atom is -0.394 e. The molecule has 0 unspecified atom stereocenters. The molecule has 0 saturated carbocycles. The number of pyridine rings is 1. The van der Waals surface area contributed by atoms with Gasteiger partial charge in [0.25, 0.3) is 5.91 Å². The van der Waals surface area contributed by atoms with Crippen LogP contribution >= 0.6 is 0 Å². The zero-order valence-corrected chi connectivity index (χ0v) is 13.7. The highest BCUT2D eigenvalue weighted by atomic mass is 19.1. The van der Waals surface area contributed by atoms with E-state index in [-0.39, 0.29) is 13.2 Å². The molecule has 0 radical (unpaired) electrons. The van der Waals surface area contributed by atoms with Gasteiger partial charge in [-0.05, 0) is 24.5 Å². The number of benzene rings is 1. The molecule has 1 aromatic heterocycles. The van der Waals surface area contributed by atoms with E-state index >= 15 is 0 Å². The lowest BCUT2D eigenvalue weighted by molar-refractivity contribution is 0.0552. The number of hydrogen-bond donors (Lipinski definition) is 1. The highest BCUT2D eigenvalue weighted by Gasteiger charge is 2.27. The van der Waals surface area contributed by atoms with Gasteiger partial charge in [0.05, 0.1) is 18.8 Å². The molecular formula is C18H20F2N2O2. The van der Waals surface area contributed by atoms with Gasteiger partial charge in [-0.2, -0.15) is 0 Å². The molecule has 0 fully saturated rings. The lowest BCUT2D eigenvalue weighted by Gasteiger charge is -2.30. The summed E-state index contributed by atoms with van der Waals surface area (Å²) in [7, 11) is 0. The van der Waals surface area contributed by atoms with Gasteiger partial charge in [-0.1, -0.05) is 31.2 Å². The topological polar surface area (TPSA) is 53.4 Å². The van der Waals surface area contributed by atoms with E-state index in [4.69, 9.17) is 0 Å². The number of aromatic nitrogens is 1. The van der Waals surface area contributed by atoms with Crippen molar-refractivity contribution in [3.05, 3.63) is 65.0 Å². The number of nitrogens with zero attached hydrogens (tertiary/aromatic N) is 2. The van der Waals surface area contributed by atoms with Crippen LogP contribution in [-0.2, 0) is 6.54 Å². The van der Waals surface area contributed by atoms with Crippen molar-refractivity contribution in [2.75, 3.05) is 6.61 Å². The van der Waals surface area contributed by atoms with Crippen molar-refractivity contribution in [1.29, 1.82) is 0 Å². The fourth-order valence-corrected chi connectivity index (χ4v) is 2.49. The van der Waals surface area contributed by atoms with Crippen molar-refractivity contribution >= 4 is 5.91 Å². The van der Waals surface area contributed by atoms with Crippen LogP contribution in [0.2, 0.25) is 0 Å². The van der Waals surface area contributed by atoms with Crippen LogP contribution in [0, 0.1) is 18.6 Å². The molecule has 4 nitrogen and oxygen atoms in total. The molecule has 1 aromatic carbocycles. The molecule has 1 heterocycles. The number of carbonyl (C=O) groups is 1. The van der Waals surface area contributed by atoms with Gasteiger partial charge in [-0.15, -0.1) is 0 Å². The average molecular weight is 334 g/mol. The van der Waals surface area contributed by atoms with Crippen LogP contribution in [0.3, 0.4) is 0 Å². The number of aliphatic hydroxyl groups is 1. The molecule has 1 atom stereocenters. The number of amides is 1. The Labute approximate surface area is 139 Å². The van der Waals surface area contributed by atoms with Crippen LogP contribution in [-0.4, -0.2) is 33.5 Å². The SMILES string of the molecule is CC[C@H](CO)N(Cc1ccccc1C)C(=O)c1ncc(F)cc1F. The number of aliphatic hydroxyl groups excluding tert-OH is 1. The molecule has 0 spiro atoms. The Morgan fingerprint density at radius 2 is 2.04 bits per heavy atom. The third-order valence-corrected chi connectivity index (χ3v) is 4.00. The lowest BCUT2D eigenvalue weighted by Crippen LogP contribution is -2.42. The molecule has 2 rings (SSSR count). The van der Waals surface area contributed by atoms with E-state index in [0.717, 1.165) is 17.3 Å². The van der Waals surface area contributed by atoms with Gasteiger partial charge < -0.3 is 10.0 Å². The first-order valence-corrected chi connectivity index (χ1v) is 7.75. The Kier molecular flexibility index (Phi) is 5.98. The van der Waals surface area contributed by atoms with Crippen LogP contribution < -0.4 is 0 Å². The molecule has 0 aliphatic heterocycles. The predicted octanol–water partition coefficient (Wildman–Crippen LogP) is 3.08. The van der Waals surface area contributed by atoms with E-state index < -0.39 is 29.3 Å². The van der Waals surface area contributed by atoms with Crippen LogP contribution in [0.25, 0.3) is 0 Å². The second-order valence-electron chi connectivity index (χ2n) is 5.59. The number of halogens is 2. The summed E-state index contributed by atoms with van der Waals surface area (Å²) in [5.41, 5.74) is 1.42. The largest absolute Gasteiger partial charge is 0.394 e. The van der Waals surface area contributed by atoms with E-state index in [1.54, 1.807) is 0 Å². The Hall–Kier alpha value is -2.34. The summed E-state index contributed by atoms with van der Waals surface area (Å²) in [5, 5.41) is 9.58. The van der Waals surface area contributed by atoms with Crippen molar-refractivity contribution in [2.45, 2.75) is 32.9 Å². The first-order chi connectivity index (χ1) is 11.5. The van der Waals surface area contributed by atoms with Gasteiger partial charge >= 0.3 is 0 Å². The summed E-state index contributed by atoms with van der Waals surface area (Å²) in [5.74, 6) is -2.53. The Morgan fingerprint density at radius 3 is 2.62 bits per heavy atom. The summed E-state index contributed by atoms with van der Waals surface area (Å²) in [6.45, 7) is 3.70. The van der Waals surface area contributed by atoms with E-state index in [1.807, 2.05) is 38.1 Å². The standard InChI is InChI=1S/C18H20F2N2O2/c1-3-15(11-23)22(10-13-7-5-4-6-12(13)2)18(24)17-16(20)8-14(19)9-21-17/h4-9,15,23H,3,10-11H2,1-2H3/t15-/m1/s1. The smallest absolute Gasteiger partial charge is 0.276 e. The molecular weight excluding hydrogens is 314 g/mol. The first-order valence-electron chi connectivity index (χ1n) is 7.75. The van der Waals surface area contributed by atoms with Crippen molar-refractivity contribution in [1.82, 2.24) is 9.88 Å². The summed E-state index contributed by atoms with van der Waals surface area (Å²) < 4.78 is 27.0. The van der Waals surface area contributed by atoms with Crippen LogP contribution in [0.4, 0.5) is 8.78 Å². The van der Waals surface area contributed by atoms with Gasteiger partial charge in [0.15, 0.2) is 11.5 Å². The zero-order valence-electron chi connectivity index (χ0n) is 13.7. The summed E-state index contributed by atoms with van der Waals surface area (Å²) in [6.07, 6.45) is 1.30. The molecule has 1 amide bonds. The van der Waals surface area contributed by atoms with Crippen molar-refractivity contribution in [3.8, 4) is 0 Å². The van der Waals surface area contributed by atoms with E-state index in [1.165, 1.54) is 4.90 Å². The third kappa shape index (κ3) is 3.94.